The minimum absolute atomic E-state index is 0.684. The van der Waals surface area contributed by atoms with Gasteiger partial charge in [-0.15, -0.1) is 0 Å². The van der Waals surface area contributed by atoms with Crippen molar-refractivity contribution in [3.63, 3.8) is 0 Å². The Bertz CT molecular complexity index is 354. The third-order valence-electron chi connectivity index (χ3n) is 1.92. The molecule has 0 amide bonds. The molecule has 1 atom stereocenters. The highest BCUT2D eigenvalue weighted by atomic mass is 32.2. The van der Waals surface area contributed by atoms with Crippen molar-refractivity contribution >= 4 is 11.8 Å². The van der Waals surface area contributed by atoms with Crippen molar-refractivity contribution in [3.05, 3.63) is 12.0 Å². The number of nitrogens with zero attached hydrogens (tertiary/aromatic N) is 2. The molecule has 0 bridgehead atoms. The Kier molecular flexibility index (Phi) is 4.18. The van der Waals surface area contributed by atoms with Crippen LogP contribution in [0.25, 0.3) is 0 Å². The molecule has 15 heavy (non-hydrogen) atoms. The zero-order chi connectivity index (χ0) is 11.3. The Hall–Kier alpha value is -0.990. The molecule has 82 valence electrons. The van der Waals surface area contributed by atoms with E-state index in [2.05, 4.69) is 11.1 Å². The van der Waals surface area contributed by atoms with E-state index >= 15 is 0 Å². The molecule has 1 rings (SSSR count). The normalized spacial score (nSPS) is 14.5. The molecule has 0 aliphatic heterocycles. The Morgan fingerprint density at radius 2 is 2.47 bits per heavy atom. The van der Waals surface area contributed by atoms with E-state index in [9.17, 15) is 0 Å². The molecule has 2 N–H and O–H groups in total. The molecule has 0 radical (unpaired) electrons. The quantitative estimate of drug-likeness (QED) is 0.613. The van der Waals surface area contributed by atoms with Crippen LogP contribution in [0, 0.1) is 18.3 Å². The highest BCUT2D eigenvalue weighted by Crippen LogP contribution is 2.19. The molecule has 5 heteroatoms. The van der Waals surface area contributed by atoms with Gasteiger partial charge in [0, 0.05) is 5.75 Å². The van der Waals surface area contributed by atoms with Gasteiger partial charge >= 0.3 is 0 Å². The lowest BCUT2D eigenvalue weighted by atomic mass is 10.0. The lowest BCUT2D eigenvalue weighted by molar-refractivity contribution is 0.453. The second kappa shape index (κ2) is 5.19. The highest BCUT2D eigenvalue weighted by Gasteiger charge is 2.16. The second-order valence-corrected chi connectivity index (χ2v) is 4.78. The van der Waals surface area contributed by atoms with Crippen molar-refractivity contribution in [2.75, 3.05) is 5.75 Å². The van der Waals surface area contributed by atoms with Gasteiger partial charge in [-0.3, -0.25) is 0 Å². The van der Waals surface area contributed by atoms with Gasteiger partial charge in [0.25, 0.3) is 5.22 Å². The van der Waals surface area contributed by atoms with Gasteiger partial charge in [0.15, 0.2) is 0 Å². The van der Waals surface area contributed by atoms with E-state index in [1.807, 2.05) is 6.92 Å². The lowest BCUT2D eigenvalue weighted by Gasteiger charge is -2.13. The number of thioether (sulfide) groups is 1. The molecule has 4 nitrogen and oxygen atoms in total. The summed E-state index contributed by atoms with van der Waals surface area (Å²) in [6, 6.07) is 2.07. The summed E-state index contributed by atoms with van der Waals surface area (Å²) in [4.78, 5) is 4.16. The van der Waals surface area contributed by atoms with Crippen LogP contribution >= 0.6 is 11.8 Å². The van der Waals surface area contributed by atoms with Crippen LogP contribution in [-0.4, -0.2) is 16.3 Å². The Morgan fingerprint density at radius 1 is 1.73 bits per heavy atom. The van der Waals surface area contributed by atoms with Crippen molar-refractivity contribution in [3.8, 4) is 6.07 Å². The maximum atomic E-state index is 8.70. The third kappa shape index (κ3) is 4.36. The summed E-state index contributed by atoms with van der Waals surface area (Å²) in [5.74, 6) is 0.869. The fourth-order valence-electron chi connectivity index (χ4n) is 1.05. The lowest BCUT2D eigenvalue weighted by Crippen LogP contribution is -2.33. The van der Waals surface area contributed by atoms with Crippen LogP contribution < -0.4 is 5.73 Å². The number of nitriles is 1. The zero-order valence-corrected chi connectivity index (χ0v) is 9.80. The van der Waals surface area contributed by atoms with Gasteiger partial charge < -0.3 is 10.2 Å². The van der Waals surface area contributed by atoms with Crippen LogP contribution in [-0.2, 0) is 0 Å². The van der Waals surface area contributed by atoms with Gasteiger partial charge in [0.1, 0.15) is 11.8 Å². The molecular formula is C10H15N3OS. The highest BCUT2D eigenvalue weighted by molar-refractivity contribution is 7.99. The minimum Gasteiger partial charge on any atom is -0.440 e. The van der Waals surface area contributed by atoms with Gasteiger partial charge in [-0.05, 0) is 26.7 Å². The van der Waals surface area contributed by atoms with Gasteiger partial charge in [-0.2, -0.15) is 5.26 Å². The Balaban J connectivity index is 2.21. The largest absolute Gasteiger partial charge is 0.440 e. The van der Waals surface area contributed by atoms with Crippen LogP contribution in [0.1, 0.15) is 25.5 Å². The summed E-state index contributed by atoms with van der Waals surface area (Å²) < 4.78 is 5.18. The van der Waals surface area contributed by atoms with Crippen molar-refractivity contribution in [1.82, 2.24) is 4.98 Å². The predicted molar refractivity (Wildman–Crippen MR) is 59.4 cm³/mol. The number of hydrogen-bond acceptors (Lipinski definition) is 5. The van der Waals surface area contributed by atoms with Crippen molar-refractivity contribution in [2.45, 2.75) is 37.5 Å². The van der Waals surface area contributed by atoms with E-state index in [1.54, 1.807) is 24.9 Å². The topological polar surface area (TPSA) is 75.8 Å². The van der Waals surface area contributed by atoms with E-state index in [0.29, 0.717) is 11.6 Å². The van der Waals surface area contributed by atoms with Crippen LogP contribution in [0.3, 0.4) is 0 Å². The van der Waals surface area contributed by atoms with Gasteiger partial charge in [0.2, 0.25) is 0 Å². The van der Waals surface area contributed by atoms with Gasteiger partial charge in [-0.25, -0.2) is 4.98 Å². The van der Waals surface area contributed by atoms with Crippen molar-refractivity contribution < 1.29 is 4.42 Å². The molecule has 0 spiro atoms. The van der Waals surface area contributed by atoms with Crippen LogP contribution in [0.5, 0.6) is 0 Å². The minimum atomic E-state index is -0.715. The van der Waals surface area contributed by atoms with Gasteiger partial charge in [0.05, 0.1) is 11.8 Å². The number of oxazole rings is 1. The third-order valence-corrected chi connectivity index (χ3v) is 2.85. The molecule has 0 fully saturated rings. The first-order chi connectivity index (χ1) is 7.03. The van der Waals surface area contributed by atoms with Crippen LogP contribution in [0.4, 0.5) is 0 Å². The van der Waals surface area contributed by atoms with Gasteiger partial charge in [-0.1, -0.05) is 11.8 Å². The number of aryl methyl sites for hydroxylation is 1. The smallest absolute Gasteiger partial charge is 0.255 e. The number of aromatic nitrogens is 1. The molecule has 0 aromatic carbocycles. The molecular weight excluding hydrogens is 210 g/mol. The monoisotopic (exact) mass is 225 g/mol. The van der Waals surface area contributed by atoms with E-state index < -0.39 is 5.54 Å². The van der Waals surface area contributed by atoms with Crippen molar-refractivity contribution in [1.29, 1.82) is 5.26 Å². The first kappa shape index (κ1) is 12.1. The first-order valence-electron chi connectivity index (χ1n) is 4.78. The van der Waals surface area contributed by atoms with Crippen molar-refractivity contribution in [2.24, 2.45) is 5.73 Å². The molecule has 0 aliphatic carbocycles. The molecule has 0 saturated heterocycles. The van der Waals surface area contributed by atoms with E-state index in [1.165, 1.54) is 0 Å². The summed E-state index contributed by atoms with van der Waals surface area (Å²) in [6.45, 7) is 3.63. The molecule has 0 aliphatic rings. The maximum Gasteiger partial charge on any atom is 0.255 e. The van der Waals surface area contributed by atoms with Crippen LogP contribution in [0.15, 0.2) is 15.9 Å². The fourth-order valence-corrected chi connectivity index (χ4v) is 1.84. The SMILES string of the molecule is Cc1coc(SCCCC(C)(N)C#N)n1. The average molecular weight is 225 g/mol. The predicted octanol–water partition coefficient (Wildman–Crippen LogP) is 2.10. The van der Waals surface area contributed by atoms with E-state index in [0.717, 1.165) is 17.9 Å². The first-order valence-corrected chi connectivity index (χ1v) is 5.77. The average Bonchev–Trinajstić information content (AvgIpc) is 2.59. The summed E-state index contributed by atoms with van der Waals surface area (Å²) in [5.41, 5.74) is 5.86. The standard InChI is InChI=1S/C10H15N3OS/c1-8-6-14-9(13-8)15-5-3-4-10(2,12)7-11/h6H,3-5,12H2,1-2H3. The summed E-state index contributed by atoms with van der Waals surface area (Å²) in [6.07, 6.45) is 3.20. The molecule has 0 saturated carbocycles. The molecule has 1 aromatic heterocycles. The summed E-state index contributed by atoms with van der Waals surface area (Å²) >= 11 is 1.55. The van der Waals surface area contributed by atoms with E-state index in [4.69, 9.17) is 15.4 Å². The number of nitrogens with two attached hydrogens (primary N) is 1. The summed E-state index contributed by atoms with van der Waals surface area (Å²) in [7, 11) is 0. The second-order valence-electron chi connectivity index (χ2n) is 3.74. The Morgan fingerprint density at radius 3 is 3.00 bits per heavy atom. The van der Waals surface area contributed by atoms with E-state index in [-0.39, 0.29) is 0 Å². The Labute approximate surface area is 93.9 Å². The number of hydrogen-bond donors (Lipinski definition) is 1. The maximum absolute atomic E-state index is 8.70. The molecule has 1 unspecified atom stereocenters. The molecule has 1 heterocycles. The molecule has 1 aromatic rings. The number of rotatable bonds is 5. The van der Waals surface area contributed by atoms with Crippen LogP contribution in [0.2, 0.25) is 0 Å². The fraction of sp³-hybridized carbons (Fsp3) is 0.600. The summed E-state index contributed by atoms with van der Waals surface area (Å²) in [5, 5.41) is 9.38. The zero-order valence-electron chi connectivity index (χ0n) is 8.99.